The highest BCUT2D eigenvalue weighted by molar-refractivity contribution is 14.1. The first-order valence-corrected chi connectivity index (χ1v) is 11.2. The van der Waals surface area contributed by atoms with Gasteiger partial charge in [-0.25, -0.2) is 0 Å². The zero-order valence-corrected chi connectivity index (χ0v) is 20.3. The van der Waals surface area contributed by atoms with Crippen LogP contribution >= 0.6 is 45.2 Å². The van der Waals surface area contributed by atoms with Gasteiger partial charge in [0, 0.05) is 7.14 Å². The zero-order valence-electron chi connectivity index (χ0n) is 16.0. The van der Waals surface area contributed by atoms with Crippen LogP contribution in [0.1, 0.15) is 5.56 Å². The number of hydrogen-bond acceptors (Lipinski definition) is 2. The van der Waals surface area contributed by atoms with Crippen LogP contribution in [-0.2, 0) is 11.3 Å². The summed E-state index contributed by atoms with van der Waals surface area (Å²) in [6.45, 7) is -1.91. The first kappa shape index (κ1) is 25.1. The van der Waals surface area contributed by atoms with Gasteiger partial charge in [-0.15, -0.1) is 13.2 Å². The van der Waals surface area contributed by atoms with Crippen LogP contribution in [0.3, 0.4) is 0 Å². The van der Waals surface area contributed by atoms with Crippen molar-refractivity contribution >= 4 is 45.2 Å². The molecule has 3 rings (SSSR count). The van der Waals surface area contributed by atoms with E-state index >= 15 is 0 Å². The van der Waals surface area contributed by atoms with Crippen molar-refractivity contribution in [1.29, 1.82) is 0 Å². The summed E-state index contributed by atoms with van der Waals surface area (Å²) < 4.78 is 83.8. The van der Waals surface area contributed by atoms with Crippen LogP contribution in [-0.4, -0.2) is 19.1 Å². The lowest BCUT2D eigenvalue weighted by Crippen LogP contribution is -2.19. The van der Waals surface area contributed by atoms with E-state index in [1.165, 1.54) is 12.1 Å². The topological polar surface area (TPSA) is 18.5 Å². The van der Waals surface area contributed by atoms with Crippen molar-refractivity contribution in [1.82, 2.24) is 0 Å². The highest BCUT2D eigenvalue weighted by Crippen LogP contribution is 2.35. The maximum absolute atomic E-state index is 12.3. The fourth-order valence-corrected chi connectivity index (χ4v) is 4.39. The molecular formula is C22H14F6I2O2. The molecule has 0 atom stereocenters. The molecule has 0 saturated carbocycles. The predicted molar refractivity (Wildman–Crippen MR) is 125 cm³/mol. The van der Waals surface area contributed by atoms with Gasteiger partial charge in [0.1, 0.15) is 5.75 Å². The number of benzene rings is 3. The second-order valence-corrected chi connectivity index (χ2v) is 9.00. The van der Waals surface area contributed by atoms with Gasteiger partial charge in [-0.2, -0.15) is 13.2 Å². The Bertz CT molecular complexity index is 975. The van der Waals surface area contributed by atoms with E-state index in [9.17, 15) is 26.3 Å². The highest BCUT2D eigenvalue weighted by atomic mass is 127. The van der Waals surface area contributed by atoms with Gasteiger partial charge in [0.15, 0.2) is 6.61 Å². The maximum Gasteiger partial charge on any atom is 0.522 e. The molecule has 3 aromatic rings. The summed E-state index contributed by atoms with van der Waals surface area (Å²) in [6.07, 6.45) is -9.08. The first-order valence-electron chi connectivity index (χ1n) is 9.00. The third-order valence-electron chi connectivity index (χ3n) is 4.29. The minimum atomic E-state index is -4.68. The molecule has 0 N–H and O–H groups in total. The van der Waals surface area contributed by atoms with E-state index in [2.05, 4.69) is 49.9 Å². The largest absolute Gasteiger partial charge is 0.522 e. The standard InChI is InChI=1S/C22H14F6I2O2/c23-21(24,25)12-31-16-7-5-15(6-8-16)18-10-19(29)17(9-20(18)30)14-3-1-13(2-4-14)11-32-22(26,27)28/h1-10H,11-12H2. The summed E-state index contributed by atoms with van der Waals surface area (Å²) in [5, 5.41) is 0. The third kappa shape index (κ3) is 7.24. The minimum absolute atomic E-state index is 0.127. The Morgan fingerprint density at radius 1 is 0.688 bits per heavy atom. The number of ether oxygens (including phenoxy) is 2. The lowest BCUT2D eigenvalue weighted by atomic mass is 9.99. The van der Waals surface area contributed by atoms with Crippen LogP contribution in [0.4, 0.5) is 26.3 Å². The smallest absolute Gasteiger partial charge is 0.484 e. The molecule has 0 radical (unpaired) electrons. The Kier molecular flexibility index (Phi) is 7.97. The van der Waals surface area contributed by atoms with Crippen LogP contribution in [0.15, 0.2) is 60.7 Å². The van der Waals surface area contributed by atoms with Crippen molar-refractivity contribution in [2.24, 2.45) is 0 Å². The first-order chi connectivity index (χ1) is 14.9. The number of halogens is 8. The molecule has 32 heavy (non-hydrogen) atoms. The van der Waals surface area contributed by atoms with Gasteiger partial charge >= 0.3 is 12.5 Å². The molecule has 0 fully saturated rings. The van der Waals surface area contributed by atoms with Crippen LogP contribution in [0, 0.1) is 7.14 Å². The highest BCUT2D eigenvalue weighted by Gasteiger charge is 2.29. The van der Waals surface area contributed by atoms with E-state index in [1.54, 1.807) is 36.4 Å². The average Bonchev–Trinajstić information content (AvgIpc) is 2.72. The maximum atomic E-state index is 12.3. The van der Waals surface area contributed by atoms with E-state index in [-0.39, 0.29) is 5.75 Å². The number of rotatable bonds is 6. The molecule has 0 amide bonds. The van der Waals surface area contributed by atoms with Crippen LogP contribution in [0.5, 0.6) is 5.75 Å². The second kappa shape index (κ2) is 10.2. The molecule has 2 nitrogen and oxygen atoms in total. The van der Waals surface area contributed by atoms with Crippen LogP contribution in [0.25, 0.3) is 22.3 Å². The van der Waals surface area contributed by atoms with Crippen molar-refractivity contribution in [3.8, 4) is 28.0 Å². The molecule has 170 valence electrons. The van der Waals surface area contributed by atoms with Gasteiger partial charge in [-0.1, -0.05) is 36.4 Å². The molecule has 3 aromatic carbocycles. The van der Waals surface area contributed by atoms with Gasteiger partial charge in [-0.05, 0) is 97.3 Å². The van der Waals surface area contributed by atoms with E-state index in [4.69, 9.17) is 4.74 Å². The lowest BCUT2D eigenvalue weighted by Gasteiger charge is -2.13. The molecule has 0 aliphatic carbocycles. The fourth-order valence-electron chi connectivity index (χ4n) is 2.83. The van der Waals surface area contributed by atoms with E-state index < -0.39 is 25.8 Å². The zero-order chi connectivity index (χ0) is 23.5. The van der Waals surface area contributed by atoms with E-state index in [0.29, 0.717) is 5.56 Å². The Hall–Kier alpha value is -1.54. The molecule has 0 bridgehead atoms. The molecule has 0 aromatic heterocycles. The van der Waals surface area contributed by atoms with Gasteiger partial charge in [-0.3, -0.25) is 4.74 Å². The van der Waals surface area contributed by atoms with E-state index in [1.807, 2.05) is 12.1 Å². The van der Waals surface area contributed by atoms with Crippen LogP contribution in [0.2, 0.25) is 0 Å². The van der Waals surface area contributed by atoms with Crippen molar-refractivity contribution < 1.29 is 35.8 Å². The molecule has 0 aliphatic rings. The van der Waals surface area contributed by atoms with Crippen molar-refractivity contribution in [3.05, 3.63) is 73.4 Å². The van der Waals surface area contributed by atoms with Gasteiger partial charge in [0.05, 0.1) is 6.61 Å². The second-order valence-electron chi connectivity index (χ2n) is 6.67. The van der Waals surface area contributed by atoms with Crippen LogP contribution < -0.4 is 4.74 Å². The Morgan fingerprint density at radius 2 is 1.16 bits per heavy atom. The Morgan fingerprint density at radius 3 is 1.59 bits per heavy atom. The molecule has 0 unspecified atom stereocenters. The Balaban J connectivity index is 1.78. The summed E-state index contributed by atoms with van der Waals surface area (Å²) in [4.78, 5) is 0. The van der Waals surface area contributed by atoms with Gasteiger partial charge < -0.3 is 4.74 Å². The van der Waals surface area contributed by atoms with Crippen molar-refractivity contribution in [2.45, 2.75) is 19.1 Å². The molecule has 0 spiro atoms. The molecular weight excluding hydrogens is 664 g/mol. The molecule has 10 heteroatoms. The summed E-state index contributed by atoms with van der Waals surface area (Å²) in [7, 11) is 0. The summed E-state index contributed by atoms with van der Waals surface area (Å²) in [5.74, 6) is 0.127. The molecule has 0 heterocycles. The number of alkyl halides is 6. The fraction of sp³-hybridized carbons (Fsp3) is 0.182. The van der Waals surface area contributed by atoms with Gasteiger partial charge in [0.2, 0.25) is 0 Å². The normalized spacial score (nSPS) is 12.1. The quantitative estimate of drug-likeness (QED) is 0.194. The van der Waals surface area contributed by atoms with Crippen molar-refractivity contribution in [2.75, 3.05) is 6.61 Å². The van der Waals surface area contributed by atoms with Crippen molar-refractivity contribution in [3.63, 3.8) is 0 Å². The Labute approximate surface area is 207 Å². The minimum Gasteiger partial charge on any atom is -0.484 e. The third-order valence-corrected chi connectivity index (χ3v) is 6.08. The lowest BCUT2D eigenvalue weighted by molar-refractivity contribution is -0.330. The molecule has 0 aliphatic heterocycles. The summed E-state index contributed by atoms with van der Waals surface area (Å²) in [5.41, 5.74) is 3.87. The predicted octanol–water partition coefficient (Wildman–Crippen LogP) is 8.21. The molecule has 0 saturated heterocycles. The SMILES string of the molecule is FC(F)(F)COc1ccc(-c2cc(I)c(-c3ccc(COC(F)(F)F)cc3)cc2I)cc1. The number of hydrogen-bond donors (Lipinski definition) is 0. The van der Waals surface area contributed by atoms with Gasteiger partial charge in [0.25, 0.3) is 0 Å². The average molecular weight is 678 g/mol. The summed E-state index contributed by atoms with van der Waals surface area (Å²) in [6, 6.07) is 16.9. The monoisotopic (exact) mass is 678 g/mol. The van der Waals surface area contributed by atoms with E-state index in [0.717, 1.165) is 29.4 Å². The summed E-state index contributed by atoms with van der Waals surface area (Å²) >= 11 is 4.34.